The second-order valence-corrected chi connectivity index (χ2v) is 5.74. The largest absolute Gasteiger partial charge is 0.497 e. The average Bonchev–Trinajstić information content (AvgIpc) is 2.56. The van der Waals surface area contributed by atoms with Crippen LogP contribution in [0, 0.1) is 0 Å². The fourth-order valence-electron chi connectivity index (χ4n) is 1.91. The van der Waals surface area contributed by atoms with Gasteiger partial charge < -0.3 is 25.6 Å². The van der Waals surface area contributed by atoms with E-state index in [0.29, 0.717) is 23.5 Å². The second kappa shape index (κ2) is 9.55. The van der Waals surface area contributed by atoms with E-state index in [-0.39, 0.29) is 12.5 Å². The molecule has 0 aliphatic rings. The number of carbonyl (C=O) groups is 1. The first-order valence-electron chi connectivity index (χ1n) is 6.95. The van der Waals surface area contributed by atoms with Crippen molar-refractivity contribution in [2.45, 2.75) is 18.6 Å². The molecular formula is C15H24N2O4S. The number of nitrogens with two attached hydrogens (primary N) is 1. The molecule has 0 heterocycles. The van der Waals surface area contributed by atoms with Gasteiger partial charge in [-0.25, -0.2) is 0 Å². The summed E-state index contributed by atoms with van der Waals surface area (Å²) in [5.74, 6) is 1.70. The van der Waals surface area contributed by atoms with Crippen LogP contribution < -0.4 is 20.5 Å². The van der Waals surface area contributed by atoms with Crippen molar-refractivity contribution < 1.29 is 19.4 Å². The molecule has 124 valence electrons. The van der Waals surface area contributed by atoms with Crippen molar-refractivity contribution in [1.82, 2.24) is 5.32 Å². The molecule has 1 aromatic carbocycles. The van der Waals surface area contributed by atoms with Crippen LogP contribution in [0.4, 0.5) is 0 Å². The first kappa shape index (κ1) is 18.6. The number of aliphatic hydroxyl groups is 1. The molecule has 1 unspecified atom stereocenters. The van der Waals surface area contributed by atoms with Gasteiger partial charge in [0.15, 0.2) is 0 Å². The Morgan fingerprint density at radius 2 is 2.14 bits per heavy atom. The molecule has 0 radical (unpaired) electrons. The summed E-state index contributed by atoms with van der Waals surface area (Å²) in [6, 6.07) is 4.57. The smallest absolute Gasteiger partial charge is 0.237 e. The van der Waals surface area contributed by atoms with Crippen molar-refractivity contribution in [1.29, 1.82) is 0 Å². The van der Waals surface area contributed by atoms with E-state index in [0.717, 1.165) is 5.75 Å². The lowest BCUT2D eigenvalue weighted by atomic mass is 10.1. The van der Waals surface area contributed by atoms with E-state index >= 15 is 0 Å². The van der Waals surface area contributed by atoms with Crippen molar-refractivity contribution in [2.24, 2.45) is 5.73 Å². The Labute approximate surface area is 135 Å². The number of amides is 1. The molecule has 2 atom stereocenters. The lowest BCUT2D eigenvalue weighted by Crippen LogP contribution is -2.42. The number of hydrogen-bond donors (Lipinski definition) is 3. The number of hydrogen-bond acceptors (Lipinski definition) is 6. The topological polar surface area (TPSA) is 93.8 Å². The first-order valence-corrected chi connectivity index (χ1v) is 8.35. The predicted octanol–water partition coefficient (Wildman–Crippen LogP) is 0.934. The molecule has 6 nitrogen and oxygen atoms in total. The highest BCUT2D eigenvalue weighted by atomic mass is 32.2. The van der Waals surface area contributed by atoms with Crippen LogP contribution in [0.5, 0.6) is 11.5 Å². The van der Waals surface area contributed by atoms with E-state index in [9.17, 15) is 9.90 Å². The van der Waals surface area contributed by atoms with Gasteiger partial charge in [-0.2, -0.15) is 11.8 Å². The molecule has 0 saturated heterocycles. The highest BCUT2D eigenvalue weighted by Crippen LogP contribution is 2.29. The van der Waals surface area contributed by atoms with E-state index in [1.54, 1.807) is 37.1 Å². The summed E-state index contributed by atoms with van der Waals surface area (Å²) in [5.41, 5.74) is 6.33. The first-order chi connectivity index (χ1) is 10.5. The number of thioether (sulfide) groups is 1. The Hall–Kier alpha value is -1.44. The summed E-state index contributed by atoms with van der Waals surface area (Å²) in [7, 11) is 3.07. The Bertz CT molecular complexity index is 485. The van der Waals surface area contributed by atoms with Gasteiger partial charge in [0.25, 0.3) is 0 Å². The highest BCUT2D eigenvalue weighted by molar-refractivity contribution is 7.98. The molecule has 4 N–H and O–H groups in total. The lowest BCUT2D eigenvalue weighted by molar-refractivity contribution is -0.122. The maximum absolute atomic E-state index is 11.8. The van der Waals surface area contributed by atoms with Crippen LogP contribution >= 0.6 is 11.8 Å². The van der Waals surface area contributed by atoms with E-state index in [1.165, 1.54) is 7.11 Å². The number of aliphatic hydroxyl groups excluding tert-OH is 1. The molecule has 0 fully saturated rings. The zero-order valence-electron chi connectivity index (χ0n) is 13.2. The third-order valence-corrected chi connectivity index (χ3v) is 3.88. The van der Waals surface area contributed by atoms with Gasteiger partial charge in [-0.3, -0.25) is 4.79 Å². The molecule has 1 aromatic rings. The number of rotatable bonds is 9. The lowest BCUT2D eigenvalue weighted by Gasteiger charge is -2.18. The van der Waals surface area contributed by atoms with Gasteiger partial charge in [0.1, 0.15) is 11.5 Å². The third kappa shape index (κ3) is 5.40. The van der Waals surface area contributed by atoms with Crippen LogP contribution in [0.2, 0.25) is 0 Å². The highest BCUT2D eigenvalue weighted by Gasteiger charge is 2.18. The second-order valence-electron chi connectivity index (χ2n) is 4.76. The molecule has 7 heteroatoms. The van der Waals surface area contributed by atoms with Gasteiger partial charge in [0, 0.05) is 12.1 Å². The van der Waals surface area contributed by atoms with Crippen molar-refractivity contribution in [3.63, 3.8) is 0 Å². The average molecular weight is 328 g/mol. The van der Waals surface area contributed by atoms with Crippen LogP contribution in [-0.4, -0.2) is 49.8 Å². The van der Waals surface area contributed by atoms with Gasteiger partial charge in [0.2, 0.25) is 5.91 Å². The summed E-state index contributed by atoms with van der Waals surface area (Å²) >= 11 is 1.64. The Morgan fingerprint density at radius 1 is 1.41 bits per heavy atom. The monoisotopic (exact) mass is 328 g/mol. The molecule has 0 bridgehead atoms. The van der Waals surface area contributed by atoms with Crippen LogP contribution in [0.1, 0.15) is 18.1 Å². The van der Waals surface area contributed by atoms with Crippen molar-refractivity contribution in [3.05, 3.63) is 23.8 Å². The summed E-state index contributed by atoms with van der Waals surface area (Å²) in [6.07, 6.45) is 1.66. The van der Waals surface area contributed by atoms with E-state index in [4.69, 9.17) is 15.2 Å². The number of nitrogens with one attached hydrogen (secondary N) is 1. The van der Waals surface area contributed by atoms with E-state index < -0.39 is 12.1 Å². The van der Waals surface area contributed by atoms with Crippen molar-refractivity contribution >= 4 is 17.7 Å². The third-order valence-electron chi connectivity index (χ3n) is 3.24. The number of ether oxygens (including phenoxy) is 2. The normalized spacial score (nSPS) is 13.3. The Balaban J connectivity index is 2.65. The molecule has 1 amide bonds. The molecule has 22 heavy (non-hydrogen) atoms. The van der Waals surface area contributed by atoms with Crippen LogP contribution in [-0.2, 0) is 4.79 Å². The predicted molar refractivity (Wildman–Crippen MR) is 88.5 cm³/mol. The van der Waals surface area contributed by atoms with Gasteiger partial charge in [0.05, 0.1) is 26.4 Å². The Kier molecular flexibility index (Phi) is 8.08. The minimum Gasteiger partial charge on any atom is -0.497 e. The van der Waals surface area contributed by atoms with Gasteiger partial charge in [-0.1, -0.05) is 0 Å². The minimum absolute atomic E-state index is 0.0648. The standard InChI is InChI=1S/C15H24N2O4S/c1-20-10-4-5-14(21-2)11(8-10)13(18)9-17-15(19)12(16)6-7-22-3/h4-5,8,12-13,18H,6-7,9,16H2,1-3H3,(H,17,19)/t12-,13?/m0/s1. The molecule has 0 aliphatic heterocycles. The van der Waals surface area contributed by atoms with Crippen LogP contribution in [0.3, 0.4) is 0 Å². The number of methoxy groups -OCH3 is 2. The molecule has 0 spiro atoms. The summed E-state index contributed by atoms with van der Waals surface area (Å²) in [4.78, 5) is 11.8. The molecule has 0 aliphatic carbocycles. The summed E-state index contributed by atoms with van der Waals surface area (Å²) in [5, 5.41) is 12.9. The molecular weight excluding hydrogens is 304 g/mol. The summed E-state index contributed by atoms with van der Waals surface area (Å²) < 4.78 is 10.4. The van der Waals surface area contributed by atoms with E-state index in [2.05, 4.69) is 5.32 Å². The van der Waals surface area contributed by atoms with Gasteiger partial charge >= 0.3 is 0 Å². The minimum atomic E-state index is -0.901. The SMILES string of the molecule is COc1ccc(OC)c(C(O)CNC(=O)[C@@H](N)CCSC)c1. The fraction of sp³-hybridized carbons (Fsp3) is 0.533. The molecule has 1 rings (SSSR count). The van der Waals surface area contributed by atoms with Gasteiger partial charge in [-0.15, -0.1) is 0 Å². The number of carbonyl (C=O) groups excluding carboxylic acids is 1. The number of benzene rings is 1. The zero-order valence-corrected chi connectivity index (χ0v) is 14.0. The van der Waals surface area contributed by atoms with Crippen molar-refractivity contribution in [3.8, 4) is 11.5 Å². The van der Waals surface area contributed by atoms with Gasteiger partial charge in [-0.05, 0) is 36.6 Å². The maximum atomic E-state index is 11.8. The quantitative estimate of drug-likeness (QED) is 0.624. The zero-order chi connectivity index (χ0) is 16.5. The Morgan fingerprint density at radius 3 is 2.73 bits per heavy atom. The van der Waals surface area contributed by atoms with Crippen LogP contribution in [0.25, 0.3) is 0 Å². The van der Waals surface area contributed by atoms with E-state index in [1.807, 2.05) is 6.26 Å². The molecule has 0 aromatic heterocycles. The fourth-order valence-corrected chi connectivity index (χ4v) is 2.40. The van der Waals surface area contributed by atoms with Crippen LogP contribution in [0.15, 0.2) is 18.2 Å². The van der Waals surface area contributed by atoms with Crippen molar-refractivity contribution in [2.75, 3.05) is 32.8 Å². The maximum Gasteiger partial charge on any atom is 0.237 e. The summed E-state index contributed by atoms with van der Waals surface area (Å²) in [6.45, 7) is 0.0648. The molecule has 0 saturated carbocycles.